The van der Waals surface area contributed by atoms with Crippen LogP contribution in [0.15, 0.2) is 17.5 Å². The molecule has 5 fully saturated rings. The van der Waals surface area contributed by atoms with Gasteiger partial charge in [-0.1, -0.05) is 6.07 Å². The number of carbonyl (C=O) groups is 1. The molecule has 4 nitrogen and oxygen atoms in total. The molecular formula is C21H30N2O2S. The number of carbonyl (C=O) groups excluding carboxylic acids is 1. The zero-order valence-electron chi connectivity index (χ0n) is 15.4. The summed E-state index contributed by atoms with van der Waals surface area (Å²) in [6.45, 7) is 1.54. The van der Waals surface area contributed by atoms with E-state index < -0.39 is 0 Å². The summed E-state index contributed by atoms with van der Waals surface area (Å²) < 4.78 is 0. The van der Waals surface area contributed by atoms with E-state index in [1.54, 1.807) is 11.3 Å². The van der Waals surface area contributed by atoms with E-state index in [4.69, 9.17) is 0 Å². The first kappa shape index (κ1) is 17.1. The van der Waals surface area contributed by atoms with E-state index in [0.29, 0.717) is 0 Å². The van der Waals surface area contributed by atoms with E-state index in [2.05, 4.69) is 5.32 Å². The Morgan fingerprint density at radius 3 is 2.31 bits per heavy atom. The van der Waals surface area contributed by atoms with E-state index in [1.165, 1.54) is 38.5 Å². The van der Waals surface area contributed by atoms with Crippen molar-refractivity contribution in [3.8, 4) is 0 Å². The van der Waals surface area contributed by atoms with Gasteiger partial charge in [0.1, 0.15) is 0 Å². The average molecular weight is 375 g/mol. The monoisotopic (exact) mass is 374 g/mol. The van der Waals surface area contributed by atoms with Gasteiger partial charge < -0.3 is 15.3 Å². The summed E-state index contributed by atoms with van der Waals surface area (Å²) >= 11 is 1.63. The molecule has 1 atom stereocenters. The Balaban J connectivity index is 1.18. The topological polar surface area (TPSA) is 52.6 Å². The number of hydrogen-bond donors (Lipinski definition) is 2. The van der Waals surface area contributed by atoms with Crippen molar-refractivity contribution in [1.29, 1.82) is 0 Å². The number of aliphatic hydroxyl groups is 1. The van der Waals surface area contributed by atoms with Gasteiger partial charge in [0.05, 0.1) is 6.10 Å². The molecule has 2 heterocycles. The van der Waals surface area contributed by atoms with Gasteiger partial charge in [-0.2, -0.15) is 0 Å². The van der Waals surface area contributed by atoms with Crippen LogP contribution in [0.3, 0.4) is 0 Å². The number of likely N-dealkylation sites (tertiary alicyclic amines) is 1. The van der Waals surface area contributed by atoms with Crippen molar-refractivity contribution >= 4 is 17.4 Å². The number of nitrogens with one attached hydrogen (secondary N) is 1. The minimum atomic E-state index is -0.372. The van der Waals surface area contributed by atoms with E-state index in [1.807, 2.05) is 22.4 Å². The van der Waals surface area contributed by atoms with Crippen LogP contribution < -0.4 is 5.32 Å². The highest BCUT2D eigenvalue weighted by atomic mass is 32.1. The first-order valence-corrected chi connectivity index (χ1v) is 11.3. The molecule has 26 heavy (non-hydrogen) atoms. The first-order valence-electron chi connectivity index (χ1n) is 10.4. The SMILES string of the molecule is O=C(NC12CC3CC(CC(C3)C1)C2)N1CCC(C(O)c2cccs2)CC1. The fourth-order valence-electron chi connectivity index (χ4n) is 6.68. The number of piperidine rings is 1. The van der Waals surface area contributed by atoms with Gasteiger partial charge in [0.2, 0.25) is 0 Å². The largest absolute Gasteiger partial charge is 0.387 e. The van der Waals surface area contributed by atoms with Crippen LogP contribution in [-0.4, -0.2) is 34.7 Å². The summed E-state index contributed by atoms with van der Waals surface area (Å²) in [5, 5.41) is 16.1. The second-order valence-electron chi connectivity index (χ2n) is 9.41. The van der Waals surface area contributed by atoms with Gasteiger partial charge >= 0.3 is 6.03 Å². The molecule has 0 aromatic carbocycles. The minimum Gasteiger partial charge on any atom is -0.387 e. The summed E-state index contributed by atoms with van der Waals surface area (Å²) in [7, 11) is 0. The molecule has 0 spiro atoms. The number of aliphatic hydroxyl groups excluding tert-OH is 1. The Labute approximate surface area is 160 Å². The van der Waals surface area contributed by atoms with Crippen LogP contribution in [0.4, 0.5) is 4.79 Å². The molecule has 5 heteroatoms. The van der Waals surface area contributed by atoms with Gasteiger partial charge in [0.25, 0.3) is 0 Å². The molecule has 4 bridgehead atoms. The van der Waals surface area contributed by atoms with Crippen LogP contribution in [0.25, 0.3) is 0 Å². The molecule has 2 N–H and O–H groups in total. The van der Waals surface area contributed by atoms with E-state index in [-0.39, 0.29) is 23.6 Å². The van der Waals surface area contributed by atoms with E-state index in [9.17, 15) is 9.90 Å². The molecule has 5 aliphatic rings. The first-order chi connectivity index (χ1) is 12.6. The van der Waals surface area contributed by atoms with Crippen LogP contribution in [0.1, 0.15) is 62.3 Å². The van der Waals surface area contributed by atoms with E-state index >= 15 is 0 Å². The quantitative estimate of drug-likeness (QED) is 0.834. The number of nitrogens with zero attached hydrogens (tertiary/aromatic N) is 1. The average Bonchev–Trinajstić information content (AvgIpc) is 3.14. The third kappa shape index (κ3) is 3.07. The normalized spacial score (nSPS) is 37.7. The van der Waals surface area contributed by atoms with Crippen molar-refractivity contribution < 1.29 is 9.90 Å². The molecule has 1 aromatic heterocycles. The molecule has 142 valence electrons. The number of amides is 2. The minimum absolute atomic E-state index is 0.0964. The number of rotatable bonds is 3. The number of thiophene rings is 1. The van der Waals surface area contributed by atoms with Crippen LogP contribution in [0.5, 0.6) is 0 Å². The van der Waals surface area contributed by atoms with Crippen molar-refractivity contribution in [2.75, 3.05) is 13.1 Å². The van der Waals surface area contributed by atoms with Gasteiger partial charge in [-0.05, 0) is 86.5 Å². The maximum Gasteiger partial charge on any atom is 0.317 e. The van der Waals surface area contributed by atoms with Gasteiger partial charge in [-0.3, -0.25) is 0 Å². The Morgan fingerprint density at radius 2 is 1.77 bits per heavy atom. The van der Waals surface area contributed by atoms with Crippen molar-refractivity contribution in [2.24, 2.45) is 23.7 Å². The summed E-state index contributed by atoms with van der Waals surface area (Å²) in [5.74, 6) is 2.84. The van der Waals surface area contributed by atoms with Crippen LogP contribution in [0, 0.1) is 23.7 Å². The molecule has 1 aromatic rings. The second kappa shape index (κ2) is 6.52. The third-order valence-electron chi connectivity index (χ3n) is 7.52. The Hall–Kier alpha value is -1.07. The zero-order chi connectivity index (χ0) is 17.7. The highest BCUT2D eigenvalue weighted by Gasteiger charge is 2.51. The lowest BCUT2D eigenvalue weighted by Crippen LogP contribution is -2.62. The standard InChI is InChI=1S/C21H30N2O2S/c24-19(18-2-1-7-26-18)17-3-5-23(6-4-17)20(25)22-21-11-14-8-15(12-21)10-16(9-14)13-21/h1-2,7,14-17,19,24H,3-6,8-13H2,(H,22,25). The molecule has 0 radical (unpaired) electrons. The smallest absolute Gasteiger partial charge is 0.317 e. The fraction of sp³-hybridized carbons (Fsp3) is 0.762. The maximum atomic E-state index is 12.9. The number of urea groups is 1. The summed E-state index contributed by atoms with van der Waals surface area (Å²) in [6, 6.07) is 4.16. The molecule has 6 rings (SSSR count). The number of hydrogen-bond acceptors (Lipinski definition) is 3. The summed E-state index contributed by atoms with van der Waals surface area (Å²) in [6.07, 6.45) is 9.25. The van der Waals surface area contributed by atoms with Gasteiger partial charge in [-0.25, -0.2) is 4.79 Å². The maximum absolute atomic E-state index is 12.9. The van der Waals surface area contributed by atoms with Crippen LogP contribution in [0.2, 0.25) is 0 Å². The van der Waals surface area contributed by atoms with Crippen LogP contribution in [-0.2, 0) is 0 Å². The van der Waals surface area contributed by atoms with Crippen molar-refractivity contribution in [2.45, 2.75) is 63.0 Å². The molecule has 2 amide bonds. The summed E-state index contributed by atoms with van der Waals surface area (Å²) in [5.41, 5.74) is 0.0964. The van der Waals surface area contributed by atoms with Crippen molar-refractivity contribution in [3.05, 3.63) is 22.4 Å². The lowest BCUT2D eigenvalue weighted by molar-refractivity contribution is -0.0168. The zero-order valence-corrected chi connectivity index (χ0v) is 16.2. The van der Waals surface area contributed by atoms with Crippen molar-refractivity contribution in [1.82, 2.24) is 10.2 Å². The molecular weight excluding hydrogens is 344 g/mol. The lowest BCUT2D eigenvalue weighted by Gasteiger charge is -2.57. The summed E-state index contributed by atoms with van der Waals surface area (Å²) in [4.78, 5) is 16.0. The Morgan fingerprint density at radius 1 is 1.15 bits per heavy atom. The molecule has 1 saturated heterocycles. The predicted octanol–water partition coefficient (Wildman–Crippen LogP) is 4.17. The molecule has 4 aliphatic carbocycles. The van der Waals surface area contributed by atoms with E-state index in [0.717, 1.165) is 48.6 Å². The Kier molecular flexibility index (Phi) is 4.28. The van der Waals surface area contributed by atoms with Crippen molar-refractivity contribution in [3.63, 3.8) is 0 Å². The van der Waals surface area contributed by atoms with Gasteiger partial charge in [0, 0.05) is 23.5 Å². The lowest BCUT2D eigenvalue weighted by atomic mass is 9.53. The molecule has 1 unspecified atom stereocenters. The fourth-order valence-corrected chi connectivity index (χ4v) is 7.48. The van der Waals surface area contributed by atoms with Gasteiger partial charge in [-0.15, -0.1) is 11.3 Å². The van der Waals surface area contributed by atoms with Crippen LogP contribution >= 0.6 is 11.3 Å². The molecule has 1 aliphatic heterocycles. The third-order valence-corrected chi connectivity index (χ3v) is 8.46. The van der Waals surface area contributed by atoms with Gasteiger partial charge in [0.15, 0.2) is 0 Å². The Bertz CT molecular complexity index is 616. The predicted molar refractivity (Wildman–Crippen MR) is 103 cm³/mol. The highest BCUT2D eigenvalue weighted by Crippen LogP contribution is 2.55. The highest BCUT2D eigenvalue weighted by molar-refractivity contribution is 7.10. The second-order valence-corrected chi connectivity index (χ2v) is 10.4. The molecule has 4 saturated carbocycles.